The number of hydrogen-bond donors (Lipinski definition) is 0. The fourth-order valence-electron chi connectivity index (χ4n) is 2.86. The van der Waals surface area contributed by atoms with E-state index in [4.69, 9.17) is 18.9 Å². The Morgan fingerprint density at radius 2 is 1.58 bits per heavy atom. The summed E-state index contributed by atoms with van der Waals surface area (Å²) < 4.78 is 21.9. The van der Waals surface area contributed by atoms with Crippen LogP contribution >= 0.6 is 0 Å². The van der Waals surface area contributed by atoms with E-state index in [1.54, 1.807) is 30.3 Å². The highest BCUT2D eigenvalue weighted by atomic mass is 16.6. The lowest BCUT2D eigenvalue weighted by Gasteiger charge is -2.23. The third kappa shape index (κ3) is 3.49. The fraction of sp³-hybridized carbons (Fsp3) is 0.300. The monoisotopic (exact) mass is 356 g/mol. The average molecular weight is 356 g/mol. The smallest absolute Gasteiger partial charge is 0.208 e. The number of ether oxygens (including phenoxy) is 4. The number of ketones is 2. The van der Waals surface area contributed by atoms with Crippen LogP contribution in [-0.4, -0.2) is 39.0 Å². The van der Waals surface area contributed by atoms with E-state index in [0.29, 0.717) is 41.6 Å². The first-order valence-electron chi connectivity index (χ1n) is 8.31. The van der Waals surface area contributed by atoms with Gasteiger partial charge in [0.1, 0.15) is 13.2 Å². The van der Waals surface area contributed by atoms with Crippen molar-refractivity contribution in [3.05, 3.63) is 47.5 Å². The average Bonchev–Trinajstić information content (AvgIpc) is 2.70. The zero-order valence-electron chi connectivity index (χ0n) is 14.7. The van der Waals surface area contributed by atoms with Crippen LogP contribution in [0.5, 0.6) is 23.0 Å². The molecular formula is C20H20O6. The van der Waals surface area contributed by atoms with Crippen molar-refractivity contribution in [2.24, 2.45) is 0 Å². The van der Waals surface area contributed by atoms with Crippen molar-refractivity contribution in [1.29, 1.82) is 0 Å². The second kappa shape index (κ2) is 7.91. The molecule has 1 aliphatic rings. The molecule has 0 radical (unpaired) electrons. The minimum Gasteiger partial charge on any atom is -0.492 e. The number of hydrogen-bond acceptors (Lipinski definition) is 6. The van der Waals surface area contributed by atoms with E-state index in [-0.39, 0.29) is 30.2 Å². The maximum absolute atomic E-state index is 12.7. The number of Topliss-reactive ketones (excluding diaryl/α,β-unsaturated/α-hetero) is 2. The van der Waals surface area contributed by atoms with Crippen LogP contribution in [0.3, 0.4) is 0 Å². The fourth-order valence-corrected chi connectivity index (χ4v) is 2.86. The van der Waals surface area contributed by atoms with Crippen molar-refractivity contribution in [3.8, 4) is 23.0 Å². The molecule has 1 aliphatic heterocycles. The molecule has 2 aromatic carbocycles. The number of benzene rings is 2. The molecule has 3 rings (SSSR count). The second-order valence-electron chi connectivity index (χ2n) is 5.73. The first-order valence-corrected chi connectivity index (χ1v) is 8.31. The number of carbonyl (C=O) groups is 2. The molecule has 0 saturated heterocycles. The molecule has 0 atom stereocenters. The molecule has 0 spiro atoms. The summed E-state index contributed by atoms with van der Waals surface area (Å²) in [5, 5.41) is 0. The zero-order valence-corrected chi connectivity index (χ0v) is 14.7. The first-order chi connectivity index (χ1) is 12.7. The van der Waals surface area contributed by atoms with Gasteiger partial charge in [-0.1, -0.05) is 30.3 Å². The molecule has 0 aliphatic carbocycles. The molecule has 0 amide bonds. The van der Waals surface area contributed by atoms with Crippen LogP contribution in [0.4, 0.5) is 0 Å². The van der Waals surface area contributed by atoms with E-state index < -0.39 is 0 Å². The van der Waals surface area contributed by atoms with Gasteiger partial charge in [-0.15, -0.1) is 0 Å². The predicted octanol–water partition coefficient (Wildman–Crippen LogP) is 3.32. The summed E-state index contributed by atoms with van der Waals surface area (Å²) in [6.45, 7) is 0.786. The zero-order chi connectivity index (χ0) is 18.5. The summed E-state index contributed by atoms with van der Waals surface area (Å²) in [5.41, 5.74) is 0.904. The van der Waals surface area contributed by atoms with Crippen LogP contribution in [0.25, 0.3) is 0 Å². The molecule has 2 aromatic rings. The second-order valence-corrected chi connectivity index (χ2v) is 5.73. The third-order valence-electron chi connectivity index (χ3n) is 4.13. The van der Waals surface area contributed by atoms with E-state index in [0.717, 1.165) is 0 Å². The van der Waals surface area contributed by atoms with Crippen molar-refractivity contribution in [3.63, 3.8) is 0 Å². The van der Waals surface area contributed by atoms with Crippen LogP contribution in [0.2, 0.25) is 0 Å². The Hall–Kier alpha value is -3.02. The molecule has 136 valence electrons. The summed E-state index contributed by atoms with van der Waals surface area (Å²) in [5.74, 6) is 1.17. The number of methoxy groups -OCH3 is 2. The summed E-state index contributed by atoms with van der Waals surface area (Å²) in [6.07, 6.45) is 0.176. The molecule has 0 N–H and O–H groups in total. The van der Waals surface area contributed by atoms with Gasteiger partial charge in [0.2, 0.25) is 11.5 Å². The number of fused-ring (bicyclic) bond motifs is 1. The van der Waals surface area contributed by atoms with Crippen LogP contribution in [0, 0.1) is 0 Å². The Kier molecular flexibility index (Phi) is 5.41. The third-order valence-corrected chi connectivity index (χ3v) is 4.13. The number of rotatable bonds is 7. The summed E-state index contributed by atoms with van der Waals surface area (Å²) >= 11 is 0. The molecule has 6 nitrogen and oxygen atoms in total. The maximum Gasteiger partial charge on any atom is 0.208 e. The largest absolute Gasteiger partial charge is 0.492 e. The lowest BCUT2D eigenvalue weighted by molar-refractivity contribution is 0.0914. The minimum absolute atomic E-state index is 0.0624. The van der Waals surface area contributed by atoms with Crippen molar-refractivity contribution < 1.29 is 28.5 Å². The Morgan fingerprint density at radius 3 is 2.27 bits per heavy atom. The van der Waals surface area contributed by atoms with Gasteiger partial charge in [-0.05, 0) is 6.07 Å². The Balaban J connectivity index is 1.83. The standard InChI is InChI=1S/C20H20O6/c1-23-18-14(12-17-19(20(18)24-2)26-11-10-25-17)16(22)9-8-15(21)13-6-4-3-5-7-13/h3-7,12H,8-11H2,1-2H3. The van der Waals surface area contributed by atoms with Gasteiger partial charge < -0.3 is 18.9 Å². The van der Waals surface area contributed by atoms with Crippen molar-refractivity contribution in [2.75, 3.05) is 27.4 Å². The summed E-state index contributed by atoms with van der Waals surface area (Å²) in [7, 11) is 2.93. The predicted molar refractivity (Wildman–Crippen MR) is 94.9 cm³/mol. The van der Waals surface area contributed by atoms with Crippen LogP contribution in [-0.2, 0) is 0 Å². The highest BCUT2D eigenvalue weighted by Gasteiger charge is 2.27. The van der Waals surface area contributed by atoms with Gasteiger partial charge in [-0.2, -0.15) is 0 Å². The van der Waals surface area contributed by atoms with Crippen LogP contribution in [0.15, 0.2) is 36.4 Å². The molecule has 0 unspecified atom stereocenters. The Morgan fingerprint density at radius 1 is 0.923 bits per heavy atom. The van der Waals surface area contributed by atoms with Gasteiger partial charge >= 0.3 is 0 Å². The SMILES string of the molecule is COc1c(C(=O)CCC(=O)c2ccccc2)cc2c(c1OC)OCCO2. The van der Waals surface area contributed by atoms with Gasteiger partial charge in [0.05, 0.1) is 19.8 Å². The van der Waals surface area contributed by atoms with E-state index >= 15 is 0 Å². The molecule has 0 fully saturated rings. The van der Waals surface area contributed by atoms with Crippen LogP contribution < -0.4 is 18.9 Å². The van der Waals surface area contributed by atoms with E-state index in [1.807, 2.05) is 6.07 Å². The lowest BCUT2D eigenvalue weighted by Crippen LogP contribution is -2.17. The molecule has 6 heteroatoms. The molecule has 26 heavy (non-hydrogen) atoms. The molecule has 0 aromatic heterocycles. The van der Waals surface area contributed by atoms with Gasteiger partial charge in [-0.25, -0.2) is 0 Å². The van der Waals surface area contributed by atoms with Crippen molar-refractivity contribution in [1.82, 2.24) is 0 Å². The normalized spacial score (nSPS) is 12.4. The molecular weight excluding hydrogens is 336 g/mol. The quantitative estimate of drug-likeness (QED) is 0.709. The molecule has 0 saturated carbocycles. The Labute approximate surface area is 151 Å². The highest BCUT2D eigenvalue weighted by Crippen LogP contribution is 2.48. The lowest BCUT2D eigenvalue weighted by atomic mass is 10.00. The number of carbonyl (C=O) groups excluding carboxylic acids is 2. The Bertz CT molecular complexity index is 813. The summed E-state index contributed by atoms with van der Waals surface area (Å²) in [6, 6.07) is 10.5. The van der Waals surface area contributed by atoms with Crippen LogP contribution in [0.1, 0.15) is 33.6 Å². The molecule has 1 heterocycles. The first kappa shape index (κ1) is 17.8. The highest BCUT2D eigenvalue weighted by molar-refractivity contribution is 6.04. The summed E-state index contributed by atoms with van der Waals surface area (Å²) in [4.78, 5) is 25.0. The maximum atomic E-state index is 12.7. The topological polar surface area (TPSA) is 71.1 Å². The van der Waals surface area contributed by atoms with E-state index in [9.17, 15) is 9.59 Å². The van der Waals surface area contributed by atoms with Gasteiger partial charge in [0.15, 0.2) is 23.1 Å². The van der Waals surface area contributed by atoms with Crippen molar-refractivity contribution in [2.45, 2.75) is 12.8 Å². The van der Waals surface area contributed by atoms with Crippen molar-refractivity contribution >= 4 is 11.6 Å². The van der Waals surface area contributed by atoms with Gasteiger partial charge in [-0.3, -0.25) is 9.59 Å². The minimum atomic E-state index is -0.221. The van der Waals surface area contributed by atoms with E-state index in [1.165, 1.54) is 14.2 Å². The van der Waals surface area contributed by atoms with Gasteiger partial charge in [0.25, 0.3) is 0 Å². The van der Waals surface area contributed by atoms with E-state index in [2.05, 4.69) is 0 Å². The molecule has 0 bridgehead atoms. The van der Waals surface area contributed by atoms with Gasteiger partial charge in [0, 0.05) is 18.4 Å².